The second-order valence-electron chi connectivity index (χ2n) is 16.4. The van der Waals surface area contributed by atoms with Gasteiger partial charge in [0, 0.05) is 49.9 Å². The average molecular weight is 817 g/mol. The molecule has 5 nitrogen and oxygen atoms in total. The van der Waals surface area contributed by atoms with Crippen molar-refractivity contribution in [1.82, 2.24) is 19.5 Å². The fourth-order valence-electron chi connectivity index (χ4n) is 9.60. The predicted molar refractivity (Wildman–Crippen MR) is 264 cm³/mol. The van der Waals surface area contributed by atoms with Gasteiger partial charge in [0.05, 0.1) is 16.7 Å². The van der Waals surface area contributed by atoms with Crippen LogP contribution in [0, 0.1) is 0 Å². The number of hydrogen-bond donors (Lipinski definition) is 0. The molecule has 298 valence electrons. The van der Waals surface area contributed by atoms with E-state index in [2.05, 4.69) is 150 Å². The molecule has 10 aromatic carbocycles. The lowest BCUT2D eigenvalue weighted by molar-refractivity contribution is 0.668. The molecule has 0 N–H and O–H groups in total. The first-order valence-corrected chi connectivity index (χ1v) is 21.6. The van der Waals surface area contributed by atoms with E-state index in [9.17, 15) is 0 Å². The summed E-state index contributed by atoms with van der Waals surface area (Å²) in [4.78, 5) is 15.3. The Bertz CT molecular complexity index is 3870. The topological polar surface area (TPSA) is 56.7 Å². The van der Waals surface area contributed by atoms with Gasteiger partial charge in [0.15, 0.2) is 17.5 Å². The highest BCUT2D eigenvalue weighted by Gasteiger charge is 2.23. The maximum absolute atomic E-state index is 6.93. The summed E-state index contributed by atoms with van der Waals surface area (Å²) in [5, 5.41) is 9.21. The van der Waals surface area contributed by atoms with Crippen molar-refractivity contribution >= 4 is 65.3 Å². The van der Waals surface area contributed by atoms with Crippen molar-refractivity contribution in [3.8, 4) is 62.1 Å². The molecular formula is C59H36N4O. The maximum atomic E-state index is 6.93. The van der Waals surface area contributed by atoms with E-state index in [4.69, 9.17) is 19.4 Å². The molecule has 13 aromatic rings. The highest BCUT2D eigenvalue weighted by atomic mass is 16.3. The van der Waals surface area contributed by atoms with Gasteiger partial charge in [0.2, 0.25) is 0 Å². The van der Waals surface area contributed by atoms with E-state index >= 15 is 0 Å². The number of hydrogen-bond acceptors (Lipinski definition) is 4. The Morgan fingerprint density at radius 1 is 0.312 bits per heavy atom. The van der Waals surface area contributed by atoms with Crippen LogP contribution in [0.3, 0.4) is 0 Å². The molecule has 5 heteroatoms. The molecule has 0 aliphatic heterocycles. The number of benzene rings is 10. The van der Waals surface area contributed by atoms with E-state index in [1.165, 1.54) is 37.9 Å². The van der Waals surface area contributed by atoms with Crippen LogP contribution in [0.15, 0.2) is 223 Å². The Morgan fingerprint density at radius 3 is 1.59 bits per heavy atom. The molecule has 0 aliphatic rings. The monoisotopic (exact) mass is 816 g/mol. The number of fused-ring (bicyclic) bond motifs is 9. The summed E-state index contributed by atoms with van der Waals surface area (Å²) in [5.74, 6) is 1.81. The van der Waals surface area contributed by atoms with Crippen LogP contribution in [0.4, 0.5) is 0 Å². The Balaban J connectivity index is 1.11. The van der Waals surface area contributed by atoms with Crippen LogP contribution >= 0.6 is 0 Å². The lowest BCUT2D eigenvalue weighted by Crippen LogP contribution is -2.00. The van der Waals surface area contributed by atoms with Gasteiger partial charge in [-0.1, -0.05) is 182 Å². The third-order valence-electron chi connectivity index (χ3n) is 12.6. The summed E-state index contributed by atoms with van der Waals surface area (Å²) in [6.45, 7) is 0. The summed E-state index contributed by atoms with van der Waals surface area (Å²) in [5.41, 5.74) is 12.1. The van der Waals surface area contributed by atoms with Crippen molar-refractivity contribution < 1.29 is 4.42 Å². The van der Waals surface area contributed by atoms with Crippen LogP contribution < -0.4 is 0 Å². The molecule has 0 spiro atoms. The predicted octanol–water partition coefficient (Wildman–Crippen LogP) is 15.5. The van der Waals surface area contributed by atoms with Gasteiger partial charge in [-0.2, -0.15) is 0 Å². The Morgan fingerprint density at radius 2 is 0.891 bits per heavy atom. The minimum absolute atomic E-state index is 0.583. The maximum Gasteiger partial charge on any atom is 0.164 e. The van der Waals surface area contributed by atoms with Crippen LogP contribution in [0.2, 0.25) is 0 Å². The van der Waals surface area contributed by atoms with Crippen LogP contribution in [0.1, 0.15) is 0 Å². The van der Waals surface area contributed by atoms with Gasteiger partial charge in [-0.3, -0.25) is 0 Å². The average Bonchev–Trinajstić information content (AvgIpc) is 3.90. The lowest BCUT2D eigenvalue weighted by Gasteiger charge is -2.16. The zero-order valence-corrected chi connectivity index (χ0v) is 34.5. The summed E-state index contributed by atoms with van der Waals surface area (Å²) in [7, 11) is 0. The number of rotatable bonds is 6. The molecule has 0 fully saturated rings. The molecule has 3 aromatic heterocycles. The van der Waals surface area contributed by atoms with E-state index < -0.39 is 0 Å². The van der Waals surface area contributed by atoms with E-state index in [0.717, 1.165) is 72.0 Å². The fraction of sp³-hybridized carbons (Fsp3) is 0. The minimum atomic E-state index is 0.583. The van der Waals surface area contributed by atoms with Gasteiger partial charge in [-0.25, -0.2) is 15.0 Å². The molecular weight excluding hydrogens is 781 g/mol. The first-order chi connectivity index (χ1) is 31.7. The SMILES string of the molecule is c1ccc(-c2ccc(-c3cc4c(cc3-n3c5cc6ccccc6cc5c5c6ccccc6ccc53)oc3cccc(-c5nc(-c6ccccc6)nc(-c6ccccc6)n5)c34)cc2)cc1. The second-order valence-corrected chi connectivity index (χ2v) is 16.4. The van der Waals surface area contributed by atoms with Crippen molar-refractivity contribution in [1.29, 1.82) is 0 Å². The first-order valence-electron chi connectivity index (χ1n) is 21.6. The molecule has 0 bridgehead atoms. The molecule has 64 heavy (non-hydrogen) atoms. The number of furan rings is 1. The fourth-order valence-corrected chi connectivity index (χ4v) is 9.60. The van der Waals surface area contributed by atoms with Crippen LogP contribution in [-0.2, 0) is 0 Å². The normalized spacial score (nSPS) is 11.8. The summed E-state index contributed by atoms with van der Waals surface area (Å²) in [6.07, 6.45) is 0. The van der Waals surface area contributed by atoms with Crippen molar-refractivity contribution in [2.45, 2.75) is 0 Å². The zero-order chi connectivity index (χ0) is 42.1. The van der Waals surface area contributed by atoms with E-state index in [-0.39, 0.29) is 0 Å². The smallest absolute Gasteiger partial charge is 0.164 e. The van der Waals surface area contributed by atoms with Crippen molar-refractivity contribution in [3.05, 3.63) is 218 Å². The first kappa shape index (κ1) is 36.0. The van der Waals surface area contributed by atoms with Crippen molar-refractivity contribution in [2.24, 2.45) is 0 Å². The van der Waals surface area contributed by atoms with Gasteiger partial charge >= 0.3 is 0 Å². The van der Waals surface area contributed by atoms with Crippen LogP contribution in [0.25, 0.3) is 127 Å². The quantitative estimate of drug-likeness (QED) is 0.168. The third kappa shape index (κ3) is 5.83. The van der Waals surface area contributed by atoms with Crippen LogP contribution in [-0.4, -0.2) is 19.5 Å². The molecule has 0 unspecified atom stereocenters. The molecule has 13 rings (SSSR count). The highest BCUT2D eigenvalue weighted by Crippen LogP contribution is 2.45. The standard InChI is InChI=1S/C59H36N4O/c1-4-15-37(16-5-1)38-27-29-40(30-28-38)47-35-49-54(36-52(47)63-50-32-31-39-17-12-13-24-45(39)55(50)48-33-43-22-10-11-23-44(43)34-51(48)63)64-53-26-14-25-46(56(49)53)59-61-57(41-18-6-2-7-19-41)60-58(62-59)42-20-8-3-9-21-42/h1-36H. The molecule has 0 saturated carbocycles. The van der Waals surface area contributed by atoms with Crippen LogP contribution in [0.5, 0.6) is 0 Å². The van der Waals surface area contributed by atoms with Gasteiger partial charge in [0.1, 0.15) is 11.2 Å². The zero-order valence-electron chi connectivity index (χ0n) is 34.5. The molecule has 0 saturated heterocycles. The molecule has 0 amide bonds. The number of nitrogens with zero attached hydrogens (tertiary/aromatic N) is 4. The molecule has 3 heterocycles. The Kier molecular flexibility index (Phi) is 8.15. The molecule has 0 radical (unpaired) electrons. The number of aromatic nitrogens is 4. The summed E-state index contributed by atoms with van der Waals surface area (Å²) >= 11 is 0. The summed E-state index contributed by atoms with van der Waals surface area (Å²) in [6, 6.07) is 77.0. The van der Waals surface area contributed by atoms with Gasteiger partial charge in [-0.05, 0) is 68.6 Å². The van der Waals surface area contributed by atoms with Gasteiger partial charge in [0.25, 0.3) is 0 Å². The van der Waals surface area contributed by atoms with E-state index in [1.54, 1.807) is 0 Å². The molecule has 0 aliphatic carbocycles. The van der Waals surface area contributed by atoms with E-state index in [1.807, 2.05) is 72.8 Å². The lowest BCUT2D eigenvalue weighted by atomic mass is 9.96. The van der Waals surface area contributed by atoms with Gasteiger partial charge in [-0.15, -0.1) is 0 Å². The third-order valence-corrected chi connectivity index (χ3v) is 12.6. The van der Waals surface area contributed by atoms with Crippen molar-refractivity contribution in [3.63, 3.8) is 0 Å². The Hall–Kier alpha value is -8.67. The van der Waals surface area contributed by atoms with Crippen molar-refractivity contribution in [2.75, 3.05) is 0 Å². The largest absolute Gasteiger partial charge is 0.456 e. The molecule has 0 atom stereocenters. The summed E-state index contributed by atoms with van der Waals surface area (Å²) < 4.78 is 9.38. The Labute approximate surface area is 368 Å². The minimum Gasteiger partial charge on any atom is -0.456 e. The van der Waals surface area contributed by atoms with E-state index in [0.29, 0.717) is 17.5 Å². The highest BCUT2D eigenvalue weighted by molar-refractivity contribution is 6.24. The van der Waals surface area contributed by atoms with Gasteiger partial charge < -0.3 is 8.98 Å². The second kappa shape index (κ2) is 14.5.